The Balaban J connectivity index is 1.66. The van der Waals surface area contributed by atoms with Crippen molar-refractivity contribution in [2.24, 2.45) is 0 Å². The van der Waals surface area contributed by atoms with E-state index >= 15 is 0 Å². The number of anilines is 1. The molecule has 1 unspecified atom stereocenters. The number of aromatic nitrogens is 3. The van der Waals surface area contributed by atoms with Crippen LogP contribution in [0.2, 0.25) is 0 Å². The van der Waals surface area contributed by atoms with Crippen molar-refractivity contribution in [1.29, 1.82) is 0 Å². The SMILES string of the molecule is Cc1nsc(N)c1-c1nc(C2CN3CCN2CC3)no1. The number of nitrogens with zero attached hydrogens (tertiary/aromatic N) is 5. The van der Waals surface area contributed by atoms with E-state index in [0.29, 0.717) is 10.9 Å². The van der Waals surface area contributed by atoms with Crippen LogP contribution < -0.4 is 5.73 Å². The van der Waals surface area contributed by atoms with Gasteiger partial charge in [-0.05, 0) is 18.5 Å². The first-order valence-corrected chi connectivity index (χ1v) is 7.52. The van der Waals surface area contributed by atoms with Crippen molar-refractivity contribution >= 4 is 16.5 Å². The monoisotopic (exact) mass is 292 g/mol. The largest absolute Gasteiger partial charge is 0.389 e. The van der Waals surface area contributed by atoms with Gasteiger partial charge in [0.2, 0.25) is 0 Å². The molecular weight excluding hydrogens is 276 g/mol. The zero-order chi connectivity index (χ0) is 13.7. The summed E-state index contributed by atoms with van der Waals surface area (Å²) in [6.07, 6.45) is 0. The highest BCUT2D eigenvalue weighted by molar-refractivity contribution is 7.10. The van der Waals surface area contributed by atoms with Crippen LogP contribution in [-0.2, 0) is 0 Å². The van der Waals surface area contributed by atoms with Gasteiger partial charge in [-0.1, -0.05) is 5.16 Å². The molecule has 5 rings (SSSR count). The second-order valence-corrected chi connectivity index (χ2v) is 6.12. The smallest absolute Gasteiger partial charge is 0.262 e. The Morgan fingerprint density at radius 1 is 1.30 bits per heavy atom. The van der Waals surface area contributed by atoms with Gasteiger partial charge < -0.3 is 10.3 Å². The first kappa shape index (κ1) is 12.2. The normalized spacial score (nSPS) is 28.9. The molecule has 7 nitrogen and oxygen atoms in total. The van der Waals surface area contributed by atoms with E-state index < -0.39 is 0 Å². The van der Waals surface area contributed by atoms with Gasteiger partial charge in [0.25, 0.3) is 5.89 Å². The van der Waals surface area contributed by atoms with E-state index in [4.69, 9.17) is 10.3 Å². The average molecular weight is 292 g/mol. The van der Waals surface area contributed by atoms with E-state index in [-0.39, 0.29) is 6.04 Å². The molecule has 3 aliphatic rings. The fraction of sp³-hybridized carbons (Fsp3) is 0.583. The van der Waals surface area contributed by atoms with Crippen LogP contribution >= 0.6 is 11.5 Å². The van der Waals surface area contributed by atoms with Gasteiger partial charge in [0, 0.05) is 32.7 Å². The van der Waals surface area contributed by atoms with Crippen LogP contribution in [0.4, 0.5) is 5.00 Å². The lowest BCUT2D eigenvalue weighted by Gasteiger charge is -2.46. The molecule has 0 radical (unpaired) electrons. The van der Waals surface area contributed by atoms with Crippen LogP contribution in [0.5, 0.6) is 0 Å². The molecule has 0 saturated carbocycles. The van der Waals surface area contributed by atoms with E-state index in [1.807, 2.05) is 6.92 Å². The topological polar surface area (TPSA) is 84.3 Å². The number of nitrogens with two attached hydrogens (primary N) is 1. The number of aryl methyl sites for hydroxylation is 1. The van der Waals surface area contributed by atoms with Gasteiger partial charge in [0.15, 0.2) is 5.82 Å². The summed E-state index contributed by atoms with van der Waals surface area (Å²) in [6, 6.07) is 0.239. The van der Waals surface area contributed by atoms with Gasteiger partial charge >= 0.3 is 0 Å². The molecule has 0 aromatic carbocycles. The van der Waals surface area contributed by atoms with Gasteiger partial charge in [0.05, 0.1) is 17.3 Å². The zero-order valence-corrected chi connectivity index (χ0v) is 12.1. The molecule has 2 aromatic heterocycles. The Hall–Kier alpha value is -1.51. The van der Waals surface area contributed by atoms with Crippen LogP contribution in [0.15, 0.2) is 4.52 Å². The minimum atomic E-state index is 0.239. The second-order valence-electron chi connectivity index (χ2n) is 5.32. The Morgan fingerprint density at radius 3 is 2.70 bits per heavy atom. The van der Waals surface area contributed by atoms with Gasteiger partial charge in [0.1, 0.15) is 5.00 Å². The first-order valence-electron chi connectivity index (χ1n) is 6.74. The number of rotatable bonds is 2. The van der Waals surface area contributed by atoms with Crippen molar-refractivity contribution < 1.29 is 4.52 Å². The summed E-state index contributed by atoms with van der Waals surface area (Å²) in [7, 11) is 0. The minimum absolute atomic E-state index is 0.239. The van der Waals surface area contributed by atoms with Crippen molar-refractivity contribution in [1.82, 2.24) is 24.3 Å². The Bertz CT molecular complexity index is 610. The second kappa shape index (κ2) is 4.51. The molecule has 106 valence electrons. The van der Waals surface area contributed by atoms with Gasteiger partial charge in [-0.15, -0.1) is 0 Å². The van der Waals surface area contributed by atoms with Crippen molar-refractivity contribution in [3.63, 3.8) is 0 Å². The Kier molecular flexibility index (Phi) is 2.76. The van der Waals surface area contributed by atoms with Crippen LogP contribution in [0.3, 0.4) is 0 Å². The molecule has 3 aliphatic heterocycles. The third-order valence-corrected chi connectivity index (χ3v) is 4.89. The molecule has 3 fully saturated rings. The number of fused-ring (bicyclic) bond motifs is 3. The molecule has 0 amide bonds. The summed E-state index contributed by atoms with van der Waals surface area (Å²) in [5.74, 6) is 1.25. The number of piperazine rings is 3. The Labute approximate surface area is 120 Å². The molecular formula is C12H16N6OS. The molecule has 8 heteroatoms. The lowest BCUT2D eigenvalue weighted by molar-refractivity contribution is 0.00781. The fourth-order valence-electron chi connectivity index (χ4n) is 2.98. The standard InChI is InChI=1S/C12H16N6OS/c1-7-9(10(13)20-16-7)12-14-11(15-19-12)8-6-17-2-4-18(8)5-3-17/h8H,2-6,13H2,1H3. The molecule has 0 aliphatic carbocycles. The summed E-state index contributed by atoms with van der Waals surface area (Å²) in [6.45, 7) is 7.33. The quantitative estimate of drug-likeness (QED) is 0.874. The van der Waals surface area contributed by atoms with E-state index in [1.54, 1.807) is 0 Å². The van der Waals surface area contributed by atoms with Crippen LogP contribution in [0, 0.1) is 6.92 Å². The molecule has 3 saturated heterocycles. The maximum atomic E-state index is 5.93. The van der Waals surface area contributed by atoms with Gasteiger partial charge in [-0.3, -0.25) is 9.80 Å². The summed E-state index contributed by atoms with van der Waals surface area (Å²) in [5, 5.41) is 4.80. The molecule has 2 N–H and O–H groups in total. The Morgan fingerprint density at radius 2 is 2.10 bits per heavy atom. The highest BCUT2D eigenvalue weighted by Crippen LogP contribution is 2.33. The summed E-state index contributed by atoms with van der Waals surface area (Å²) < 4.78 is 9.63. The molecule has 2 bridgehead atoms. The van der Waals surface area contributed by atoms with Gasteiger partial charge in [-0.2, -0.15) is 9.36 Å². The zero-order valence-electron chi connectivity index (χ0n) is 11.2. The van der Waals surface area contributed by atoms with Crippen molar-refractivity contribution in [3.8, 4) is 11.5 Å². The lowest BCUT2D eigenvalue weighted by atomic mass is 10.1. The summed E-state index contributed by atoms with van der Waals surface area (Å²) >= 11 is 1.26. The highest BCUT2D eigenvalue weighted by atomic mass is 32.1. The molecule has 2 aromatic rings. The molecule has 1 atom stereocenters. The van der Waals surface area contributed by atoms with Crippen molar-refractivity contribution in [2.45, 2.75) is 13.0 Å². The predicted molar refractivity (Wildman–Crippen MR) is 75.3 cm³/mol. The highest BCUT2D eigenvalue weighted by Gasteiger charge is 2.36. The number of hydrogen-bond acceptors (Lipinski definition) is 8. The van der Waals surface area contributed by atoms with Crippen molar-refractivity contribution in [2.75, 3.05) is 38.5 Å². The average Bonchev–Trinajstić information content (AvgIpc) is 3.07. The maximum Gasteiger partial charge on any atom is 0.262 e. The van der Waals surface area contributed by atoms with E-state index in [2.05, 4.69) is 24.3 Å². The lowest BCUT2D eigenvalue weighted by Crippen LogP contribution is -2.57. The summed E-state index contributed by atoms with van der Waals surface area (Å²) in [5.41, 5.74) is 7.56. The van der Waals surface area contributed by atoms with E-state index in [0.717, 1.165) is 49.8 Å². The van der Waals surface area contributed by atoms with Crippen molar-refractivity contribution in [3.05, 3.63) is 11.5 Å². The maximum absolute atomic E-state index is 5.93. The number of hydrogen-bond donors (Lipinski definition) is 1. The third-order valence-electron chi connectivity index (χ3n) is 4.12. The van der Waals surface area contributed by atoms with E-state index in [1.165, 1.54) is 11.5 Å². The van der Waals surface area contributed by atoms with Crippen LogP contribution in [0.1, 0.15) is 17.6 Å². The van der Waals surface area contributed by atoms with Crippen LogP contribution in [-0.4, -0.2) is 57.0 Å². The van der Waals surface area contributed by atoms with Crippen LogP contribution in [0.25, 0.3) is 11.5 Å². The molecule has 20 heavy (non-hydrogen) atoms. The minimum Gasteiger partial charge on any atom is -0.389 e. The summed E-state index contributed by atoms with van der Waals surface area (Å²) in [4.78, 5) is 9.44. The molecule has 0 spiro atoms. The number of nitrogen functional groups attached to an aromatic ring is 1. The predicted octanol–water partition coefficient (Wildman–Crippen LogP) is 0.756. The molecule has 5 heterocycles. The van der Waals surface area contributed by atoms with Gasteiger partial charge in [-0.25, -0.2) is 0 Å². The third kappa shape index (κ3) is 1.83. The fourth-order valence-corrected chi connectivity index (χ4v) is 3.63. The first-order chi connectivity index (χ1) is 9.72. The van der Waals surface area contributed by atoms with E-state index in [9.17, 15) is 0 Å².